The number of carbonyl (C=O) groups excluding carboxylic acids is 1. The fourth-order valence-corrected chi connectivity index (χ4v) is 1.23. The second-order valence-corrected chi connectivity index (χ2v) is 3.44. The second kappa shape index (κ2) is 4.19. The predicted molar refractivity (Wildman–Crippen MR) is 52.5 cm³/mol. The zero-order chi connectivity index (χ0) is 10.6. The summed E-state index contributed by atoms with van der Waals surface area (Å²) < 4.78 is 4.61. The topological polar surface area (TPSA) is 65.2 Å². The van der Waals surface area contributed by atoms with Crippen LogP contribution in [0, 0.1) is 0 Å². The summed E-state index contributed by atoms with van der Waals surface area (Å²) in [5.41, 5.74) is 5.80. The van der Waals surface area contributed by atoms with E-state index in [-0.39, 0.29) is 0 Å². The third-order valence-corrected chi connectivity index (χ3v) is 1.97. The predicted octanol–water partition coefficient (Wildman–Crippen LogP) is 0.514. The van der Waals surface area contributed by atoms with Gasteiger partial charge in [-0.2, -0.15) is 0 Å². The van der Waals surface area contributed by atoms with Gasteiger partial charge in [-0.05, 0) is 24.6 Å². The molecule has 14 heavy (non-hydrogen) atoms. The summed E-state index contributed by atoms with van der Waals surface area (Å²) in [6, 6.07) is 3.65. The van der Waals surface area contributed by atoms with Crippen LogP contribution in [-0.2, 0) is 16.0 Å². The maximum absolute atomic E-state index is 11.3. The second-order valence-electron chi connectivity index (χ2n) is 3.44. The van der Waals surface area contributed by atoms with Crippen LogP contribution in [0.25, 0.3) is 0 Å². The zero-order valence-corrected chi connectivity index (χ0v) is 8.36. The fraction of sp³-hybridized carbons (Fsp3) is 0.400. The van der Waals surface area contributed by atoms with Gasteiger partial charge < -0.3 is 10.5 Å². The van der Waals surface area contributed by atoms with Gasteiger partial charge in [0.15, 0.2) is 0 Å². The van der Waals surface area contributed by atoms with E-state index < -0.39 is 11.5 Å². The minimum atomic E-state index is -0.976. The Balaban J connectivity index is 2.73. The highest BCUT2D eigenvalue weighted by Crippen LogP contribution is 2.11. The molecule has 1 rings (SSSR count). The minimum Gasteiger partial charge on any atom is -0.468 e. The first kappa shape index (κ1) is 10.7. The van der Waals surface area contributed by atoms with Crippen LogP contribution in [0.2, 0.25) is 0 Å². The molecular formula is C10H14N2O2. The molecule has 1 heterocycles. The van der Waals surface area contributed by atoms with Crippen LogP contribution in [-0.4, -0.2) is 23.6 Å². The normalized spacial score (nSPS) is 14.5. The number of aromatic nitrogens is 1. The summed E-state index contributed by atoms with van der Waals surface area (Å²) in [4.78, 5) is 15.2. The van der Waals surface area contributed by atoms with Gasteiger partial charge in [-0.1, -0.05) is 0 Å². The van der Waals surface area contributed by atoms with Crippen molar-refractivity contribution in [1.29, 1.82) is 0 Å². The minimum absolute atomic E-state index is 0.408. The largest absolute Gasteiger partial charge is 0.468 e. The number of ether oxygens (including phenoxy) is 1. The Kier molecular flexibility index (Phi) is 3.19. The molecule has 76 valence electrons. The van der Waals surface area contributed by atoms with Gasteiger partial charge >= 0.3 is 5.97 Å². The molecule has 0 spiro atoms. The third-order valence-electron chi connectivity index (χ3n) is 1.97. The first-order chi connectivity index (χ1) is 6.56. The molecular weight excluding hydrogens is 180 g/mol. The molecule has 0 aliphatic carbocycles. The van der Waals surface area contributed by atoms with Gasteiger partial charge in [-0.3, -0.25) is 9.78 Å². The van der Waals surface area contributed by atoms with Gasteiger partial charge in [0.1, 0.15) is 5.54 Å². The number of hydrogen-bond donors (Lipinski definition) is 1. The van der Waals surface area contributed by atoms with Gasteiger partial charge in [0, 0.05) is 18.8 Å². The Morgan fingerprint density at radius 1 is 1.57 bits per heavy atom. The number of methoxy groups -OCH3 is 1. The van der Waals surface area contributed by atoms with Crippen molar-refractivity contribution in [1.82, 2.24) is 4.98 Å². The number of esters is 1. The van der Waals surface area contributed by atoms with Crippen LogP contribution in [0.5, 0.6) is 0 Å². The van der Waals surface area contributed by atoms with Crippen molar-refractivity contribution < 1.29 is 9.53 Å². The average molecular weight is 194 g/mol. The first-order valence-electron chi connectivity index (χ1n) is 4.32. The molecule has 0 saturated carbocycles. The van der Waals surface area contributed by atoms with E-state index in [1.54, 1.807) is 19.3 Å². The summed E-state index contributed by atoms with van der Waals surface area (Å²) in [6.07, 6.45) is 3.79. The molecule has 0 radical (unpaired) electrons. The highest BCUT2D eigenvalue weighted by atomic mass is 16.5. The number of nitrogens with two attached hydrogens (primary N) is 1. The highest BCUT2D eigenvalue weighted by molar-refractivity contribution is 5.80. The van der Waals surface area contributed by atoms with E-state index in [1.165, 1.54) is 7.11 Å². The third kappa shape index (κ3) is 2.53. The number of rotatable bonds is 3. The molecule has 0 saturated heterocycles. The van der Waals surface area contributed by atoms with E-state index in [4.69, 9.17) is 5.73 Å². The summed E-state index contributed by atoms with van der Waals surface area (Å²) in [7, 11) is 1.33. The van der Waals surface area contributed by atoms with E-state index in [0.29, 0.717) is 6.42 Å². The van der Waals surface area contributed by atoms with E-state index >= 15 is 0 Å². The van der Waals surface area contributed by atoms with E-state index in [1.807, 2.05) is 12.1 Å². The zero-order valence-electron chi connectivity index (χ0n) is 8.36. The van der Waals surface area contributed by atoms with E-state index in [2.05, 4.69) is 9.72 Å². The number of hydrogen-bond acceptors (Lipinski definition) is 4. The van der Waals surface area contributed by atoms with Crippen molar-refractivity contribution in [2.45, 2.75) is 18.9 Å². The number of carbonyl (C=O) groups is 1. The van der Waals surface area contributed by atoms with E-state index in [9.17, 15) is 4.79 Å². The van der Waals surface area contributed by atoms with Crippen LogP contribution in [0.3, 0.4) is 0 Å². The first-order valence-corrected chi connectivity index (χ1v) is 4.32. The van der Waals surface area contributed by atoms with Crippen LogP contribution >= 0.6 is 0 Å². The average Bonchev–Trinajstić information content (AvgIpc) is 2.17. The van der Waals surface area contributed by atoms with Crippen LogP contribution in [0.4, 0.5) is 0 Å². The van der Waals surface area contributed by atoms with Gasteiger partial charge in [-0.15, -0.1) is 0 Å². The fourth-order valence-electron chi connectivity index (χ4n) is 1.23. The monoisotopic (exact) mass is 194 g/mol. The smallest absolute Gasteiger partial charge is 0.325 e. The van der Waals surface area contributed by atoms with Crippen LogP contribution in [0.1, 0.15) is 12.5 Å². The molecule has 0 aliphatic rings. The molecule has 0 aromatic carbocycles. The Bertz CT molecular complexity index is 309. The van der Waals surface area contributed by atoms with Crippen LogP contribution < -0.4 is 5.73 Å². The van der Waals surface area contributed by atoms with Gasteiger partial charge in [0.05, 0.1) is 7.11 Å². The van der Waals surface area contributed by atoms with Gasteiger partial charge in [-0.25, -0.2) is 0 Å². The lowest BCUT2D eigenvalue weighted by molar-refractivity contribution is -0.146. The molecule has 0 amide bonds. The molecule has 4 nitrogen and oxygen atoms in total. The molecule has 4 heteroatoms. The van der Waals surface area contributed by atoms with Crippen molar-refractivity contribution in [3.8, 4) is 0 Å². The summed E-state index contributed by atoms with van der Waals surface area (Å²) in [6.45, 7) is 1.65. The summed E-state index contributed by atoms with van der Waals surface area (Å²) in [5, 5.41) is 0. The summed E-state index contributed by atoms with van der Waals surface area (Å²) >= 11 is 0. The molecule has 2 N–H and O–H groups in total. The Morgan fingerprint density at radius 2 is 2.14 bits per heavy atom. The SMILES string of the molecule is COC(=O)[C@@](C)(N)Cc1ccncc1. The van der Waals surface area contributed by atoms with Gasteiger partial charge in [0.2, 0.25) is 0 Å². The van der Waals surface area contributed by atoms with Gasteiger partial charge in [0.25, 0.3) is 0 Å². The highest BCUT2D eigenvalue weighted by Gasteiger charge is 2.29. The lowest BCUT2D eigenvalue weighted by Gasteiger charge is -2.21. The molecule has 0 aliphatic heterocycles. The Hall–Kier alpha value is -1.42. The molecule has 0 unspecified atom stereocenters. The van der Waals surface area contributed by atoms with Crippen molar-refractivity contribution in [3.63, 3.8) is 0 Å². The summed E-state index contributed by atoms with van der Waals surface area (Å²) in [5.74, 6) is -0.408. The molecule has 0 fully saturated rings. The lowest BCUT2D eigenvalue weighted by atomic mass is 9.95. The van der Waals surface area contributed by atoms with E-state index in [0.717, 1.165) is 5.56 Å². The van der Waals surface area contributed by atoms with Crippen molar-refractivity contribution >= 4 is 5.97 Å². The Labute approximate surface area is 83.1 Å². The molecule has 1 aromatic rings. The maximum Gasteiger partial charge on any atom is 0.325 e. The number of nitrogens with zero attached hydrogens (tertiary/aromatic N) is 1. The van der Waals surface area contributed by atoms with Crippen molar-refractivity contribution in [2.75, 3.05) is 7.11 Å². The van der Waals surface area contributed by atoms with Crippen LogP contribution in [0.15, 0.2) is 24.5 Å². The van der Waals surface area contributed by atoms with Crippen molar-refractivity contribution in [2.24, 2.45) is 5.73 Å². The molecule has 1 aromatic heterocycles. The standard InChI is InChI=1S/C10H14N2O2/c1-10(11,9(13)14-2)7-8-3-5-12-6-4-8/h3-6H,7,11H2,1-2H3/t10-/m0/s1. The lowest BCUT2D eigenvalue weighted by Crippen LogP contribution is -2.47. The molecule has 1 atom stereocenters. The molecule has 0 bridgehead atoms. The number of pyridine rings is 1. The maximum atomic E-state index is 11.3. The van der Waals surface area contributed by atoms with Crippen molar-refractivity contribution in [3.05, 3.63) is 30.1 Å². The Morgan fingerprint density at radius 3 is 2.64 bits per heavy atom. The quantitative estimate of drug-likeness (QED) is 0.712.